The maximum Gasteiger partial charge on any atom is 0.332 e. The third kappa shape index (κ3) is 5.73. The number of nitrogens with zero attached hydrogens (tertiary/aromatic N) is 3. The Hall–Kier alpha value is -2.16. The lowest BCUT2D eigenvalue weighted by Gasteiger charge is -2.41. The van der Waals surface area contributed by atoms with Gasteiger partial charge in [-0.3, -0.25) is 0 Å². The molecule has 3 saturated heterocycles. The predicted octanol–water partition coefficient (Wildman–Crippen LogP) is 2.85. The lowest BCUT2D eigenvalue weighted by atomic mass is 9.73. The van der Waals surface area contributed by atoms with Gasteiger partial charge in [0.1, 0.15) is 16.1 Å². The van der Waals surface area contributed by atoms with Gasteiger partial charge in [0.05, 0.1) is 42.4 Å². The fraction of sp³-hybridized carbons (Fsp3) is 0.542. The van der Waals surface area contributed by atoms with Crippen LogP contribution in [0.3, 0.4) is 0 Å². The number of benzene rings is 1. The van der Waals surface area contributed by atoms with Gasteiger partial charge in [-0.15, -0.1) is 0 Å². The fourth-order valence-electron chi connectivity index (χ4n) is 5.10. The summed E-state index contributed by atoms with van der Waals surface area (Å²) in [6.07, 6.45) is 5.78. The second-order valence-corrected chi connectivity index (χ2v) is 13.3. The Morgan fingerprint density at radius 3 is 2.68 bits per heavy atom. The highest BCUT2D eigenvalue weighted by Gasteiger charge is 2.47. The van der Waals surface area contributed by atoms with Crippen molar-refractivity contribution >= 4 is 50.9 Å². The van der Waals surface area contributed by atoms with Crippen LogP contribution in [-0.2, 0) is 19.5 Å². The van der Waals surface area contributed by atoms with E-state index < -0.39 is 21.3 Å². The monoisotopic (exact) mass is 582 g/mol. The van der Waals surface area contributed by atoms with Gasteiger partial charge in [0.15, 0.2) is 0 Å². The highest BCUT2D eigenvalue weighted by atomic mass is 35.5. The van der Waals surface area contributed by atoms with Gasteiger partial charge in [0.25, 0.3) is 0 Å². The molecule has 4 heterocycles. The topological polar surface area (TPSA) is 149 Å². The molecule has 206 valence electrons. The summed E-state index contributed by atoms with van der Waals surface area (Å²) in [6.45, 7) is 4.86. The number of hydrogen-bond donors (Lipinski definition) is 3. The van der Waals surface area contributed by atoms with E-state index in [9.17, 15) is 13.2 Å². The van der Waals surface area contributed by atoms with Crippen LogP contribution >= 0.6 is 23.4 Å². The van der Waals surface area contributed by atoms with Crippen LogP contribution in [-0.4, -0.2) is 74.7 Å². The number of ether oxygens (including phenoxy) is 2. The van der Waals surface area contributed by atoms with Gasteiger partial charge in [0.2, 0.25) is 10.0 Å². The maximum atomic E-state index is 12.4. The lowest BCUT2D eigenvalue weighted by Crippen LogP contribution is -2.50. The van der Waals surface area contributed by atoms with Gasteiger partial charge < -0.3 is 25.4 Å². The molecule has 2 aromatic rings. The van der Waals surface area contributed by atoms with E-state index in [-0.39, 0.29) is 34.9 Å². The van der Waals surface area contributed by atoms with Gasteiger partial charge >= 0.3 is 6.03 Å². The minimum absolute atomic E-state index is 0.0426. The minimum atomic E-state index is -3.85. The number of piperidine rings is 1. The van der Waals surface area contributed by atoms with E-state index in [1.54, 1.807) is 30.6 Å². The molecule has 4 N–H and O–H groups in total. The molecule has 3 fully saturated rings. The van der Waals surface area contributed by atoms with Crippen LogP contribution in [0, 0.1) is 5.41 Å². The first-order valence-corrected chi connectivity index (χ1v) is 15.2. The Kier molecular flexibility index (Phi) is 8.04. The number of sulfonamides is 1. The molecule has 5 rings (SSSR count). The molecule has 1 spiro atoms. The van der Waals surface area contributed by atoms with Crippen LogP contribution in [0.25, 0.3) is 0 Å². The number of halogens is 1. The van der Waals surface area contributed by atoms with E-state index in [0.717, 1.165) is 31.7 Å². The molecular formula is C24H31ClN6O5S2. The number of aromatic nitrogens is 2. The number of amides is 2. The summed E-state index contributed by atoms with van der Waals surface area (Å²) in [5.74, 6) is 0.803. The van der Waals surface area contributed by atoms with Crippen LogP contribution in [0.1, 0.15) is 26.2 Å². The van der Waals surface area contributed by atoms with E-state index >= 15 is 0 Å². The van der Waals surface area contributed by atoms with Gasteiger partial charge in [-0.25, -0.2) is 27.9 Å². The van der Waals surface area contributed by atoms with Crippen LogP contribution in [0.4, 0.5) is 16.3 Å². The van der Waals surface area contributed by atoms with Gasteiger partial charge in [-0.2, -0.15) is 0 Å². The largest absolute Gasteiger partial charge is 0.380 e. The molecule has 0 saturated carbocycles. The smallest absolute Gasteiger partial charge is 0.332 e. The quantitative estimate of drug-likeness (QED) is 0.464. The third-order valence-corrected chi connectivity index (χ3v) is 10.8. The van der Waals surface area contributed by atoms with E-state index in [0.29, 0.717) is 29.6 Å². The second kappa shape index (κ2) is 11.1. The van der Waals surface area contributed by atoms with Crippen LogP contribution < -0.4 is 20.7 Å². The average Bonchev–Trinajstić information content (AvgIpc) is 3.54. The molecule has 3 atom stereocenters. The zero-order valence-electron chi connectivity index (χ0n) is 20.9. The zero-order valence-corrected chi connectivity index (χ0v) is 23.3. The number of urea groups is 1. The molecule has 1 unspecified atom stereocenters. The molecule has 3 aliphatic heterocycles. The number of nitrogens with one attached hydrogen (secondary N) is 2. The molecule has 0 radical (unpaired) electrons. The number of rotatable bonds is 6. The second-order valence-electron chi connectivity index (χ2n) is 9.91. The summed E-state index contributed by atoms with van der Waals surface area (Å²) in [7, 11) is -3.85. The van der Waals surface area contributed by atoms with Crippen molar-refractivity contribution in [2.24, 2.45) is 11.1 Å². The first-order chi connectivity index (χ1) is 18.2. The molecule has 38 heavy (non-hydrogen) atoms. The Bertz CT molecular complexity index is 1270. The van der Waals surface area contributed by atoms with Crippen molar-refractivity contribution < 1.29 is 22.7 Å². The average molecular weight is 583 g/mol. The summed E-state index contributed by atoms with van der Waals surface area (Å²) < 4.78 is 37.6. The summed E-state index contributed by atoms with van der Waals surface area (Å²) >= 11 is 7.82. The Morgan fingerprint density at radius 1 is 1.26 bits per heavy atom. The standard InChI is InChI=1S/C24H31ClN6O5S2/c1-15-22(26)24(14-36-15)6-8-31(9-7-24)19-11-28-20(12-27-19)37-18-4-2-3-17(21(18)25)29-23(32)30-38(33,34)16-5-10-35-13-16/h2-4,11-12,15-16,22H,5-10,13-14,26H2,1H3,(H2,29,30,32)/t15-,16?,22+/m0/s1. The van der Waals surface area contributed by atoms with E-state index in [2.05, 4.69) is 20.2 Å². The first-order valence-electron chi connectivity index (χ1n) is 12.5. The molecule has 14 heteroatoms. The highest BCUT2D eigenvalue weighted by Crippen LogP contribution is 2.42. The Labute approximate surface area is 231 Å². The van der Waals surface area contributed by atoms with E-state index in [1.807, 2.05) is 11.6 Å². The van der Waals surface area contributed by atoms with Crippen molar-refractivity contribution in [2.45, 2.75) is 53.5 Å². The molecule has 1 aromatic heterocycles. The predicted molar refractivity (Wildman–Crippen MR) is 145 cm³/mol. The van der Waals surface area contributed by atoms with Crippen LogP contribution in [0.5, 0.6) is 0 Å². The molecule has 3 aliphatic rings. The summed E-state index contributed by atoms with van der Waals surface area (Å²) in [5.41, 5.74) is 6.75. The van der Waals surface area contributed by atoms with Gasteiger partial charge in [-0.1, -0.05) is 29.4 Å². The molecule has 2 amide bonds. The lowest BCUT2D eigenvalue weighted by molar-refractivity contribution is 0.0974. The fourth-order valence-corrected chi connectivity index (χ4v) is 7.33. The molecule has 0 aliphatic carbocycles. The summed E-state index contributed by atoms with van der Waals surface area (Å²) in [4.78, 5) is 24.4. The maximum absolute atomic E-state index is 12.4. The van der Waals surface area contributed by atoms with Gasteiger partial charge in [-0.05, 0) is 38.3 Å². The third-order valence-electron chi connectivity index (χ3n) is 7.53. The number of anilines is 2. The van der Waals surface area contributed by atoms with Crippen molar-refractivity contribution in [3.05, 3.63) is 35.6 Å². The van der Waals surface area contributed by atoms with E-state index in [4.69, 9.17) is 26.8 Å². The van der Waals surface area contributed by atoms with Crippen molar-refractivity contribution in [1.29, 1.82) is 0 Å². The Balaban J connectivity index is 1.19. The van der Waals surface area contributed by atoms with Crippen molar-refractivity contribution in [1.82, 2.24) is 14.7 Å². The van der Waals surface area contributed by atoms with Crippen molar-refractivity contribution in [3.63, 3.8) is 0 Å². The molecule has 11 nitrogen and oxygen atoms in total. The van der Waals surface area contributed by atoms with Crippen LogP contribution in [0.15, 0.2) is 40.5 Å². The van der Waals surface area contributed by atoms with Crippen LogP contribution in [0.2, 0.25) is 5.02 Å². The summed E-state index contributed by atoms with van der Waals surface area (Å²) in [5, 5.41) is 2.67. The Morgan fingerprint density at radius 2 is 2.05 bits per heavy atom. The first kappa shape index (κ1) is 27.4. The molecular weight excluding hydrogens is 552 g/mol. The molecule has 0 bridgehead atoms. The van der Waals surface area contributed by atoms with Crippen molar-refractivity contribution in [2.75, 3.05) is 43.1 Å². The highest BCUT2D eigenvalue weighted by molar-refractivity contribution is 7.99. The number of carbonyl (C=O) groups excluding carboxylic acids is 1. The van der Waals surface area contributed by atoms with E-state index in [1.165, 1.54) is 11.8 Å². The van der Waals surface area contributed by atoms with Crippen molar-refractivity contribution in [3.8, 4) is 0 Å². The molecule has 1 aromatic carbocycles. The van der Waals surface area contributed by atoms with Gasteiger partial charge in [0, 0.05) is 36.0 Å². The zero-order chi connectivity index (χ0) is 26.9. The SMILES string of the molecule is C[C@@H]1OCC2(CCN(c3cnc(Sc4cccc(NC(=O)NS(=O)(=O)C5CCOC5)c4Cl)cn3)CC2)[C@@H]1N. The normalized spacial score (nSPS) is 25.0. The number of hydrogen-bond acceptors (Lipinski definition) is 10. The number of nitrogens with two attached hydrogens (primary N) is 1. The minimum Gasteiger partial charge on any atom is -0.380 e. The number of carbonyl (C=O) groups is 1. The summed E-state index contributed by atoms with van der Waals surface area (Å²) in [6, 6.07) is 4.27.